The molecule has 1 heterocycles. The minimum Gasteiger partial charge on any atom is -0.294 e. The Balaban J connectivity index is 1.78. The lowest BCUT2D eigenvalue weighted by molar-refractivity contribution is -0.138. The molecule has 3 nitrogen and oxygen atoms in total. The van der Waals surface area contributed by atoms with Crippen LogP contribution in [0.25, 0.3) is 0 Å². The van der Waals surface area contributed by atoms with Gasteiger partial charge < -0.3 is 0 Å². The first-order valence-corrected chi connectivity index (χ1v) is 8.27. The van der Waals surface area contributed by atoms with Gasteiger partial charge >= 0.3 is 6.18 Å². The zero-order chi connectivity index (χ0) is 19.6. The number of alkyl halides is 3. The predicted molar refractivity (Wildman–Crippen MR) is 92.2 cm³/mol. The fraction of sp³-hybridized carbons (Fsp3) is 0.158. The lowest BCUT2D eigenvalue weighted by atomic mass is 10.1. The van der Waals surface area contributed by atoms with Crippen LogP contribution in [0.15, 0.2) is 54.7 Å². The molecule has 0 spiro atoms. The number of halogens is 5. The highest BCUT2D eigenvalue weighted by Crippen LogP contribution is 2.34. The van der Waals surface area contributed by atoms with Crippen molar-refractivity contribution in [1.29, 1.82) is 0 Å². The van der Waals surface area contributed by atoms with Gasteiger partial charge in [-0.1, -0.05) is 29.8 Å². The first-order chi connectivity index (χ1) is 12.7. The van der Waals surface area contributed by atoms with Gasteiger partial charge in [0, 0.05) is 11.2 Å². The summed E-state index contributed by atoms with van der Waals surface area (Å²) in [6, 6.07) is 10.6. The lowest BCUT2D eigenvalue weighted by Gasteiger charge is -2.13. The summed E-state index contributed by atoms with van der Waals surface area (Å²) in [5.74, 6) is -1.08. The highest BCUT2D eigenvalue weighted by Gasteiger charge is 2.33. The maximum Gasteiger partial charge on any atom is 0.416 e. The van der Waals surface area contributed by atoms with Crippen LogP contribution in [0.3, 0.4) is 0 Å². The van der Waals surface area contributed by atoms with Gasteiger partial charge in [-0.3, -0.25) is 9.48 Å². The Bertz CT molecular complexity index is 982. The summed E-state index contributed by atoms with van der Waals surface area (Å²) in [5.41, 5.74) is -0.550. The molecule has 0 aliphatic rings. The van der Waals surface area contributed by atoms with E-state index in [0.717, 1.165) is 6.07 Å². The third kappa shape index (κ3) is 4.54. The Labute approximate surface area is 157 Å². The Morgan fingerprint density at radius 1 is 1.11 bits per heavy atom. The van der Waals surface area contributed by atoms with Crippen LogP contribution in [-0.4, -0.2) is 15.6 Å². The molecule has 0 unspecified atom stereocenters. The summed E-state index contributed by atoms with van der Waals surface area (Å²) in [4.78, 5) is 12.2. The molecule has 0 saturated carbocycles. The van der Waals surface area contributed by atoms with Crippen molar-refractivity contribution < 1.29 is 22.4 Å². The second-order valence-electron chi connectivity index (χ2n) is 5.88. The van der Waals surface area contributed by atoms with Crippen LogP contribution in [0.5, 0.6) is 0 Å². The molecule has 8 heteroatoms. The molecule has 27 heavy (non-hydrogen) atoms. The van der Waals surface area contributed by atoms with Gasteiger partial charge in [-0.15, -0.1) is 0 Å². The molecule has 1 aromatic heterocycles. The van der Waals surface area contributed by atoms with Crippen molar-refractivity contribution in [2.45, 2.75) is 19.1 Å². The van der Waals surface area contributed by atoms with Crippen LogP contribution in [0, 0.1) is 5.82 Å². The average Bonchev–Trinajstić information content (AvgIpc) is 3.03. The number of carbonyl (C=O) groups excluding carboxylic acids is 1. The Morgan fingerprint density at radius 2 is 1.85 bits per heavy atom. The van der Waals surface area contributed by atoms with Gasteiger partial charge in [-0.05, 0) is 35.9 Å². The number of hydrogen-bond donors (Lipinski definition) is 0. The molecular weight excluding hydrogens is 384 g/mol. The van der Waals surface area contributed by atoms with Gasteiger partial charge in [-0.2, -0.15) is 18.3 Å². The fourth-order valence-corrected chi connectivity index (χ4v) is 2.83. The number of ketones is 1. The van der Waals surface area contributed by atoms with Crippen molar-refractivity contribution in [3.8, 4) is 0 Å². The first-order valence-electron chi connectivity index (χ1n) is 7.90. The SMILES string of the molecule is O=C(Cc1ccn(Cc2ccc(Cl)cc2C(F)(F)F)n1)c1ccccc1F. The maximum absolute atomic E-state index is 13.7. The third-order valence-corrected chi connectivity index (χ3v) is 4.16. The Hall–Kier alpha value is -2.67. The minimum atomic E-state index is -4.54. The van der Waals surface area contributed by atoms with Crippen LogP contribution in [0.2, 0.25) is 5.02 Å². The smallest absolute Gasteiger partial charge is 0.294 e. The van der Waals surface area contributed by atoms with Crippen LogP contribution in [0.4, 0.5) is 17.6 Å². The molecular formula is C19H13ClF4N2O. The van der Waals surface area contributed by atoms with E-state index in [1.54, 1.807) is 6.07 Å². The topological polar surface area (TPSA) is 34.9 Å². The molecule has 0 bridgehead atoms. The standard InChI is InChI=1S/C19H13ClF4N2O/c20-13-6-5-12(16(9-13)19(22,23)24)11-26-8-7-14(25-26)10-18(27)15-3-1-2-4-17(15)21/h1-9H,10-11H2. The van der Waals surface area contributed by atoms with E-state index in [1.165, 1.54) is 47.3 Å². The fourth-order valence-electron chi connectivity index (χ4n) is 2.66. The van der Waals surface area contributed by atoms with Crippen LogP contribution < -0.4 is 0 Å². The van der Waals surface area contributed by atoms with Crippen LogP contribution >= 0.6 is 11.6 Å². The van der Waals surface area contributed by atoms with Gasteiger partial charge in [0.1, 0.15) is 5.82 Å². The minimum absolute atomic E-state index is 0.00183. The molecule has 0 N–H and O–H groups in total. The Kier molecular flexibility index (Phi) is 5.32. The molecule has 0 aliphatic carbocycles. The summed E-state index contributed by atoms with van der Waals surface area (Å²) >= 11 is 5.67. The quantitative estimate of drug-likeness (QED) is 0.440. The summed E-state index contributed by atoms with van der Waals surface area (Å²) in [7, 11) is 0. The summed E-state index contributed by atoms with van der Waals surface area (Å²) < 4.78 is 54.5. The monoisotopic (exact) mass is 396 g/mol. The number of benzene rings is 2. The van der Waals surface area contributed by atoms with E-state index < -0.39 is 23.3 Å². The third-order valence-electron chi connectivity index (χ3n) is 3.92. The van der Waals surface area contributed by atoms with E-state index in [4.69, 9.17) is 11.6 Å². The summed E-state index contributed by atoms with van der Waals surface area (Å²) in [6.07, 6.45) is -3.23. The molecule has 3 rings (SSSR count). The largest absolute Gasteiger partial charge is 0.416 e. The second kappa shape index (κ2) is 7.52. The van der Waals surface area contributed by atoms with Crippen molar-refractivity contribution in [3.05, 3.63) is 88.0 Å². The molecule has 140 valence electrons. The highest BCUT2D eigenvalue weighted by atomic mass is 35.5. The number of aromatic nitrogens is 2. The van der Waals surface area contributed by atoms with Gasteiger partial charge in [0.15, 0.2) is 5.78 Å². The maximum atomic E-state index is 13.7. The van der Waals surface area contributed by atoms with E-state index in [-0.39, 0.29) is 29.1 Å². The molecule has 0 saturated heterocycles. The summed E-state index contributed by atoms with van der Waals surface area (Å²) in [5, 5.41) is 4.11. The average molecular weight is 397 g/mol. The van der Waals surface area contributed by atoms with Crippen molar-refractivity contribution >= 4 is 17.4 Å². The molecule has 3 aromatic rings. The first kappa shape index (κ1) is 19.1. The van der Waals surface area contributed by atoms with E-state index in [2.05, 4.69) is 5.10 Å². The number of Topliss-reactive ketones (excluding diaryl/α,β-unsaturated/α-hetero) is 1. The van der Waals surface area contributed by atoms with Crippen molar-refractivity contribution in [2.24, 2.45) is 0 Å². The zero-order valence-corrected chi connectivity index (χ0v) is 14.6. The number of hydrogen-bond acceptors (Lipinski definition) is 2. The van der Waals surface area contributed by atoms with Crippen molar-refractivity contribution in [1.82, 2.24) is 9.78 Å². The zero-order valence-electron chi connectivity index (χ0n) is 13.8. The molecule has 0 fully saturated rings. The summed E-state index contributed by atoms with van der Waals surface area (Å²) in [6.45, 7) is -0.139. The van der Waals surface area contributed by atoms with Gasteiger partial charge in [0.2, 0.25) is 0 Å². The molecule has 0 radical (unpaired) electrons. The van der Waals surface area contributed by atoms with E-state index in [1.807, 2.05) is 0 Å². The van der Waals surface area contributed by atoms with Gasteiger partial charge in [0.25, 0.3) is 0 Å². The molecule has 0 amide bonds. The number of carbonyl (C=O) groups is 1. The van der Waals surface area contributed by atoms with Gasteiger partial charge in [0.05, 0.1) is 29.8 Å². The van der Waals surface area contributed by atoms with Crippen LogP contribution in [0.1, 0.15) is 27.2 Å². The van der Waals surface area contributed by atoms with Crippen molar-refractivity contribution in [3.63, 3.8) is 0 Å². The van der Waals surface area contributed by atoms with E-state index in [0.29, 0.717) is 5.69 Å². The highest BCUT2D eigenvalue weighted by molar-refractivity contribution is 6.30. The normalized spacial score (nSPS) is 11.6. The molecule has 0 atom stereocenters. The van der Waals surface area contributed by atoms with Gasteiger partial charge in [-0.25, -0.2) is 4.39 Å². The molecule has 2 aromatic carbocycles. The number of rotatable bonds is 5. The Morgan fingerprint density at radius 3 is 2.56 bits per heavy atom. The predicted octanol–water partition coefficient (Wildman–Crippen LogP) is 5.17. The number of nitrogens with zero attached hydrogens (tertiary/aromatic N) is 2. The second-order valence-corrected chi connectivity index (χ2v) is 6.32. The van der Waals surface area contributed by atoms with Crippen LogP contribution in [-0.2, 0) is 19.1 Å². The van der Waals surface area contributed by atoms with E-state index in [9.17, 15) is 22.4 Å². The molecule has 0 aliphatic heterocycles. The van der Waals surface area contributed by atoms with E-state index >= 15 is 0 Å². The lowest BCUT2D eigenvalue weighted by Crippen LogP contribution is -2.12. The van der Waals surface area contributed by atoms with Crippen molar-refractivity contribution in [2.75, 3.05) is 0 Å².